The van der Waals surface area contributed by atoms with E-state index >= 15 is 0 Å². The molecule has 1 aliphatic rings. The van der Waals surface area contributed by atoms with Crippen LogP contribution in [0.5, 0.6) is 0 Å². The molecule has 2 aromatic rings. The van der Waals surface area contributed by atoms with Crippen LogP contribution in [0.4, 0.5) is 0 Å². The number of aromatic nitrogens is 2. The van der Waals surface area contributed by atoms with Crippen LogP contribution < -0.4 is 10.6 Å². The number of carbonyl (C=O) groups is 1. The molecule has 0 saturated carbocycles. The molecule has 1 aromatic heterocycles. The van der Waals surface area contributed by atoms with Gasteiger partial charge in [-0.1, -0.05) is 29.4 Å². The van der Waals surface area contributed by atoms with E-state index in [0.717, 1.165) is 11.1 Å². The second kappa shape index (κ2) is 6.02. The molecule has 110 valence electrons. The second-order valence-electron chi connectivity index (χ2n) is 5.02. The zero-order valence-corrected chi connectivity index (χ0v) is 11.3. The Balaban J connectivity index is 1.55. The van der Waals surface area contributed by atoms with Gasteiger partial charge >= 0.3 is 0 Å². The maximum Gasteiger partial charge on any atom is 0.237 e. The summed E-state index contributed by atoms with van der Waals surface area (Å²) in [6, 6.07) is 7.26. The first-order valence-electron chi connectivity index (χ1n) is 6.77. The monoisotopic (exact) mass is 288 g/mol. The molecular weight excluding hydrogens is 272 g/mol. The van der Waals surface area contributed by atoms with Crippen LogP contribution >= 0.6 is 0 Å². The van der Waals surface area contributed by atoms with Crippen molar-refractivity contribution in [1.29, 1.82) is 0 Å². The zero-order chi connectivity index (χ0) is 14.7. The summed E-state index contributed by atoms with van der Waals surface area (Å²) < 4.78 is 4.70. The Bertz CT molecular complexity index is 597. The van der Waals surface area contributed by atoms with Crippen molar-refractivity contribution in [3.63, 3.8) is 0 Å². The zero-order valence-electron chi connectivity index (χ0n) is 11.3. The summed E-state index contributed by atoms with van der Waals surface area (Å²) in [5.74, 6) is 0.448. The molecule has 0 radical (unpaired) electrons. The lowest BCUT2D eigenvalue weighted by Crippen LogP contribution is -2.39. The fourth-order valence-electron chi connectivity index (χ4n) is 2.30. The minimum Gasteiger partial charge on any atom is -0.392 e. The molecule has 2 heterocycles. The molecule has 1 fully saturated rings. The standard InChI is InChI=1S/C14H16N4O3/c19-11-5-12(15-7-11)14(20)16-6-9-1-3-10(4-2-9)13-17-8-21-18-13/h1-4,8,11-12,15,19H,5-7H2,(H,16,20)/t11-,12+/m1/s1. The Morgan fingerprint density at radius 1 is 1.43 bits per heavy atom. The summed E-state index contributed by atoms with van der Waals surface area (Å²) in [4.78, 5) is 15.9. The van der Waals surface area contributed by atoms with Crippen molar-refractivity contribution in [1.82, 2.24) is 20.8 Å². The van der Waals surface area contributed by atoms with Gasteiger partial charge in [-0.2, -0.15) is 4.98 Å². The molecule has 1 saturated heterocycles. The first kappa shape index (κ1) is 13.7. The molecule has 0 unspecified atom stereocenters. The Kier molecular flexibility index (Phi) is 3.94. The number of benzene rings is 1. The Hall–Kier alpha value is -2.25. The fourth-order valence-corrected chi connectivity index (χ4v) is 2.30. The molecule has 1 aliphatic heterocycles. The summed E-state index contributed by atoms with van der Waals surface area (Å²) in [6.07, 6.45) is 1.31. The van der Waals surface area contributed by atoms with Gasteiger partial charge in [-0.05, 0) is 12.0 Å². The third-order valence-electron chi connectivity index (χ3n) is 3.46. The van der Waals surface area contributed by atoms with Crippen molar-refractivity contribution in [2.45, 2.75) is 25.1 Å². The number of nitrogens with zero attached hydrogens (tertiary/aromatic N) is 2. The van der Waals surface area contributed by atoms with Crippen molar-refractivity contribution in [2.24, 2.45) is 0 Å². The van der Waals surface area contributed by atoms with E-state index in [2.05, 4.69) is 20.8 Å². The van der Waals surface area contributed by atoms with Crippen molar-refractivity contribution < 1.29 is 14.4 Å². The second-order valence-corrected chi connectivity index (χ2v) is 5.02. The topological polar surface area (TPSA) is 100 Å². The number of rotatable bonds is 4. The third kappa shape index (κ3) is 3.26. The summed E-state index contributed by atoms with van der Waals surface area (Å²) >= 11 is 0. The first-order chi connectivity index (χ1) is 10.2. The average molecular weight is 288 g/mol. The van der Waals surface area contributed by atoms with Gasteiger partial charge in [0.1, 0.15) is 0 Å². The van der Waals surface area contributed by atoms with Gasteiger partial charge in [0, 0.05) is 18.7 Å². The van der Waals surface area contributed by atoms with E-state index in [1.54, 1.807) is 0 Å². The van der Waals surface area contributed by atoms with E-state index in [1.807, 2.05) is 24.3 Å². The number of nitrogens with one attached hydrogen (secondary N) is 2. The maximum absolute atomic E-state index is 11.9. The minimum atomic E-state index is -0.435. The summed E-state index contributed by atoms with van der Waals surface area (Å²) in [6.45, 7) is 0.914. The van der Waals surface area contributed by atoms with Crippen LogP contribution in [0, 0.1) is 0 Å². The van der Waals surface area contributed by atoms with Gasteiger partial charge in [0.25, 0.3) is 0 Å². The molecule has 21 heavy (non-hydrogen) atoms. The predicted molar refractivity (Wildman–Crippen MR) is 74.0 cm³/mol. The largest absolute Gasteiger partial charge is 0.392 e. The highest BCUT2D eigenvalue weighted by Crippen LogP contribution is 2.15. The summed E-state index contributed by atoms with van der Waals surface area (Å²) in [5, 5.41) is 19.0. The van der Waals surface area contributed by atoms with Crippen LogP contribution in [-0.2, 0) is 11.3 Å². The molecule has 3 N–H and O–H groups in total. The van der Waals surface area contributed by atoms with Crippen LogP contribution in [0.2, 0.25) is 0 Å². The lowest BCUT2D eigenvalue weighted by atomic mass is 10.1. The summed E-state index contributed by atoms with van der Waals surface area (Å²) in [5.41, 5.74) is 1.84. The lowest BCUT2D eigenvalue weighted by molar-refractivity contribution is -0.123. The number of amides is 1. The van der Waals surface area contributed by atoms with E-state index in [4.69, 9.17) is 4.52 Å². The number of aliphatic hydroxyl groups excluding tert-OH is 1. The quantitative estimate of drug-likeness (QED) is 0.736. The molecule has 0 spiro atoms. The number of hydrogen-bond acceptors (Lipinski definition) is 6. The number of aliphatic hydroxyl groups is 1. The van der Waals surface area contributed by atoms with E-state index < -0.39 is 6.10 Å². The van der Waals surface area contributed by atoms with Crippen molar-refractivity contribution >= 4 is 5.91 Å². The van der Waals surface area contributed by atoms with E-state index in [0.29, 0.717) is 25.3 Å². The molecule has 1 aromatic carbocycles. The van der Waals surface area contributed by atoms with E-state index in [9.17, 15) is 9.90 Å². The molecule has 7 heteroatoms. The highest BCUT2D eigenvalue weighted by Gasteiger charge is 2.27. The van der Waals surface area contributed by atoms with Crippen LogP contribution in [0.1, 0.15) is 12.0 Å². The van der Waals surface area contributed by atoms with Crippen molar-refractivity contribution in [3.8, 4) is 11.4 Å². The van der Waals surface area contributed by atoms with Gasteiger partial charge < -0.3 is 20.3 Å². The number of carbonyl (C=O) groups excluding carboxylic acids is 1. The molecule has 0 bridgehead atoms. The first-order valence-corrected chi connectivity index (χ1v) is 6.77. The van der Waals surface area contributed by atoms with E-state index in [-0.39, 0.29) is 11.9 Å². The van der Waals surface area contributed by atoms with Gasteiger partial charge in [0.05, 0.1) is 12.1 Å². The lowest BCUT2D eigenvalue weighted by Gasteiger charge is -2.11. The molecule has 3 rings (SSSR count). The van der Waals surface area contributed by atoms with Crippen LogP contribution in [0.25, 0.3) is 11.4 Å². The van der Waals surface area contributed by atoms with E-state index in [1.165, 1.54) is 6.39 Å². The molecule has 2 atom stereocenters. The van der Waals surface area contributed by atoms with Gasteiger partial charge in [0.2, 0.25) is 18.1 Å². The smallest absolute Gasteiger partial charge is 0.237 e. The maximum atomic E-state index is 11.9. The number of hydrogen-bond donors (Lipinski definition) is 3. The fraction of sp³-hybridized carbons (Fsp3) is 0.357. The summed E-state index contributed by atoms with van der Waals surface area (Å²) in [7, 11) is 0. The highest BCUT2D eigenvalue weighted by molar-refractivity contribution is 5.82. The van der Waals surface area contributed by atoms with Crippen molar-refractivity contribution in [3.05, 3.63) is 36.2 Å². The van der Waals surface area contributed by atoms with Gasteiger partial charge in [-0.15, -0.1) is 0 Å². The van der Waals surface area contributed by atoms with Gasteiger partial charge in [-0.3, -0.25) is 4.79 Å². The Morgan fingerprint density at radius 2 is 2.24 bits per heavy atom. The highest BCUT2D eigenvalue weighted by atomic mass is 16.5. The number of β-amino-alcohol motifs (C(OH)–C–C–N with tert-alkyl or cyclic N) is 1. The van der Waals surface area contributed by atoms with Gasteiger partial charge in [-0.25, -0.2) is 0 Å². The van der Waals surface area contributed by atoms with Crippen LogP contribution in [0.3, 0.4) is 0 Å². The third-order valence-corrected chi connectivity index (χ3v) is 3.46. The van der Waals surface area contributed by atoms with Gasteiger partial charge in [0.15, 0.2) is 0 Å². The predicted octanol–water partition coefficient (Wildman–Crippen LogP) is 0.0756. The Labute approximate surface area is 121 Å². The molecule has 7 nitrogen and oxygen atoms in total. The van der Waals surface area contributed by atoms with Crippen molar-refractivity contribution in [2.75, 3.05) is 6.54 Å². The average Bonchev–Trinajstić information content (AvgIpc) is 3.16. The van der Waals surface area contributed by atoms with Crippen LogP contribution in [0.15, 0.2) is 35.2 Å². The SMILES string of the molecule is O=C(NCc1ccc(-c2ncon2)cc1)[C@@H]1C[C@@H](O)CN1. The molecule has 1 amide bonds. The molecule has 0 aliphatic carbocycles. The van der Waals surface area contributed by atoms with Crippen LogP contribution in [-0.4, -0.2) is 39.8 Å². The molecular formula is C14H16N4O3. The normalized spacial score (nSPS) is 21.4. The minimum absolute atomic E-state index is 0.0891. The Morgan fingerprint density at radius 3 is 2.86 bits per heavy atom.